The van der Waals surface area contributed by atoms with Crippen LogP contribution in [0.25, 0.3) is 0 Å². The first-order chi connectivity index (χ1) is 12.4. The van der Waals surface area contributed by atoms with E-state index in [1.807, 2.05) is 19.0 Å². The van der Waals surface area contributed by atoms with Crippen molar-refractivity contribution in [2.45, 2.75) is 0 Å². The molecule has 1 aromatic carbocycles. The monoisotopic (exact) mass is 377 g/mol. The van der Waals surface area contributed by atoms with E-state index >= 15 is 0 Å². The number of anilines is 2. The summed E-state index contributed by atoms with van der Waals surface area (Å²) < 4.78 is 4.66. The van der Waals surface area contributed by atoms with Crippen molar-refractivity contribution in [2.24, 2.45) is 0 Å². The number of methoxy groups -OCH3 is 1. The minimum absolute atomic E-state index is 0.173. The van der Waals surface area contributed by atoms with Crippen molar-refractivity contribution in [1.82, 2.24) is 14.9 Å². The molecule has 0 aliphatic carbocycles. The lowest BCUT2D eigenvalue weighted by Crippen LogP contribution is -2.21. The largest absolute Gasteiger partial charge is 0.465 e. The number of rotatable bonds is 7. The van der Waals surface area contributed by atoms with E-state index in [-0.39, 0.29) is 11.3 Å². The van der Waals surface area contributed by atoms with E-state index in [9.17, 15) is 9.59 Å². The molecule has 2 rings (SSSR count). The number of esters is 1. The molecule has 0 saturated heterocycles. The van der Waals surface area contributed by atoms with Crippen LogP contribution < -0.4 is 10.6 Å². The molecular formula is C17H20ClN5O3. The quantitative estimate of drug-likeness (QED) is 0.713. The molecule has 1 amide bonds. The standard InChI is InChI=1S/C17H20ClN5O3/c1-23(2)7-6-19-15-9-14(20-10-21-15)16(24)22-13-8-11(17(25)26-3)4-5-12(13)18/h4-5,8-10H,6-7H2,1-3H3,(H,22,24)(H,19,20,21). The second-order valence-electron chi connectivity index (χ2n) is 5.66. The molecule has 138 valence electrons. The molecule has 0 fully saturated rings. The molecule has 1 aromatic heterocycles. The van der Waals surface area contributed by atoms with Crippen LogP contribution >= 0.6 is 11.6 Å². The maximum atomic E-state index is 12.4. The van der Waals surface area contributed by atoms with Gasteiger partial charge in [-0.3, -0.25) is 4.79 Å². The number of nitrogens with zero attached hydrogens (tertiary/aromatic N) is 3. The third-order valence-corrected chi connectivity index (χ3v) is 3.73. The van der Waals surface area contributed by atoms with Crippen LogP contribution in [0.15, 0.2) is 30.6 Å². The van der Waals surface area contributed by atoms with Gasteiger partial charge >= 0.3 is 5.97 Å². The van der Waals surface area contributed by atoms with E-state index in [1.165, 1.54) is 31.6 Å². The normalized spacial score (nSPS) is 10.5. The average molecular weight is 378 g/mol. The number of hydrogen-bond acceptors (Lipinski definition) is 7. The smallest absolute Gasteiger partial charge is 0.337 e. The summed E-state index contributed by atoms with van der Waals surface area (Å²) in [6, 6.07) is 6.02. The van der Waals surface area contributed by atoms with Gasteiger partial charge in [-0.2, -0.15) is 0 Å². The Morgan fingerprint density at radius 3 is 2.69 bits per heavy atom. The second-order valence-corrected chi connectivity index (χ2v) is 6.07. The van der Waals surface area contributed by atoms with Gasteiger partial charge in [-0.1, -0.05) is 11.6 Å². The van der Waals surface area contributed by atoms with Crippen LogP contribution in [-0.2, 0) is 4.74 Å². The SMILES string of the molecule is COC(=O)c1ccc(Cl)c(NC(=O)c2cc(NCCN(C)C)ncn2)c1. The molecule has 8 nitrogen and oxygen atoms in total. The zero-order valence-corrected chi connectivity index (χ0v) is 15.5. The van der Waals surface area contributed by atoms with Crippen molar-refractivity contribution in [3.63, 3.8) is 0 Å². The summed E-state index contributed by atoms with van der Waals surface area (Å²) in [7, 11) is 5.21. The highest BCUT2D eigenvalue weighted by Gasteiger charge is 2.14. The molecular weight excluding hydrogens is 358 g/mol. The van der Waals surface area contributed by atoms with Crippen molar-refractivity contribution < 1.29 is 14.3 Å². The summed E-state index contributed by atoms with van der Waals surface area (Å²) in [4.78, 5) is 34.1. The lowest BCUT2D eigenvalue weighted by molar-refractivity contribution is 0.0600. The van der Waals surface area contributed by atoms with Crippen LogP contribution in [0.2, 0.25) is 5.02 Å². The number of ether oxygens (including phenoxy) is 1. The van der Waals surface area contributed by atoms with E-state index < -0.39 is 11.9 Å². The van der Waals surface area contributed by atoms with E-state index in [0.29, 0.717) is 23.1 Å². The van der Waals surface area contributed by atoms with Crippen LogP contribution in [-0.4, -0.2) is 61.0 Å². The van der Waals surface area contributed by atoms with Gasteiger partial charge in [-0.25, -0.2) is 14.8 Å². The van der Waals surface area contributed by atoms with Crippen LogP contribution in [0.4, 0.5) is 11.5 Å². The first-order valence-corrected chi connectivity index (χ1v) is 8.18. The molecule has 0 bridgehead atoms. The van der Waals surface area contributed by atoms with Gasteiger partial charge in [-0.05, 0) is 32.3 Å². The number of carbonyl (C=O) groups is 2. The highest BCUT2D eigenvalue weighted by Crippen LogP contribution is 2.24. The molecule has 0 spiro atoms. The molecule has 0 radical (unpaired) electrons. The summed E-state index contributed by atoms with van der Waals surface area (Å²) in [6.45, 7) is 1.50. The van der Waals surface area contributed by atoms with E-state index in [4.69, 9.17) is 11.6 Å². The Kier molecular flexibility index (Phi) is 6.88. The predicted molar refractivity (Wildman–Crippen MR) is 99.8 cm³/mol. The maximum Gasteiger partial charge on any atom is 0.337 e. The van der Waals surface area contributed by atoms with E-state index in [1.54, 1.807) is 6.07 Å². The molecule has 0 unspecified atom stereocenters. The molecule has 9 heteroatoms. The maximum absolute atomic E-state index is 12.4. The summed E-state index contributed by atoms with van der Waals surface area (Å²) in [6.07, 6.45) is 1.30. The number of halogens is 1. The number of nitrogens with one attached hydrogen (secondary N) is 2. The molecule has 26 heavy (non-hydrogen) atoms. The molecule has 2 N–H and O–H groups in total. The van der Waals surface area contributed by atoms with Crippen molar-refractivity contribution in [3.05, 3.63) is 46.9 Å². The van der Waals surface area contributed by atoms with Crippen molar-refractivity contribution in [1.29, 1.82) is 0 Å². The van der Waals surface area contributed by atoms with Gasteiger partial charge in [0, 0.05) is 19.2 Å². The van der Waals surface area contributed by atoms with E-state index in [2.05, 4.69) is 25.3 Å². The molecule has 0 atom stereocenters. The first kappa shape index (κ1) is 19.6. The summed E-state index contributed by atoms with van der Waals surface area (Å²) >= 11 is 6.09. The van der Waals surface area contributed by atoms with Gasteiger partial charge in [0.25, 0.3) is 5.91 Å². The molecule has 0 saturated carbocycles. The molecule has 0 aliphatic rings. The first-order valence-electron chi connectivity index (χ1n) is 7.80. The second kappa shape index (κ2) is 9.12. The zero-order chi connectivity index (χ0) is 19.1. The van der Waals surface area contributed by atoms with Crippen LogP contribution in [0.3, 0.4) is 0 Å². The minimum Gasteiger partial charge on any atom is -0.465 e. The van der Waals surface area contributed by atoms with Crippen molar-refractivity contribution in [3.8, 4) is 0 Å². The van der Waals surface area contributed by atoms with Crippen LogP contribution in [0.5, 0.6) is 0 Å². The van der Waals surface area contributed by atoms with Crippen molar-refractivity contribution in [2.75, 3.05) is 44.9 Å². The Morgan fingerprint density at radius 1 is 1.23 bits per heavy atom. The number of likely N-dealkylation sites (N-methyl/N-ethyl adjacent to an activating group) is 1. The number of aromatic nitrogens is 2. The lowest BCUT2D eigenvalue weighted by atomic mass is 10.2. The van der Waals surface area contributed by atoms with Crippen LogP contribution in [0, 0.1) is 0 Å². The van der Waals surface area contributed by atoms with Gasteiger partial charge in [-0.15, -0.1) is 0 Å². The Hall–Kier alpha value is -2.71. The molecule has 2 aromatic rings. The van der Waals surface area contributed by atoms with Gasteiger partial charge in [0.05, 0.1) is 23.4 Å². The average Bonchev–Trinajstić information content (AvgIpc) is 2.62. The van der Waals surface area contributed by atoms with Gasteiger partial charge < -0.3 is 20.3 Å². The highest BCUT2D eigenvalue weighted by molar-refractivity contribution is 6.34. The Bertz CT molecular complexity index is 798. The van der Waals surface area contributed by atoms with Gasteiger partial charge in [0.15, 0.2) is 0 Å². The Labute approximate surface area is 156 Å². The fraction of sp³-hybridized carbons (Fsp3) is 0.294. The number of hydrogen-bond donors (Lipinski definition) is 2. The zero-order valence-electron chi connectivity index (χ0n) is 14.7. The summed E-state index contributed by atoms with van der Waals surface area (Å²) in [5, 5.41) is 6.06. The number of amides is 1. The Morgan fingerprint density at radius 2 is 2.00 bits per heavy atom. The molecule has 0 aliphatic heterocycles. The minimum atomic E-state index is -0.522. The highest BCUT2D eigenvalue weighted by atomic mass is 35.5. The van der Waals surface area contributed by atoms with Gasteiger partial charge in [0.1, 0.15) is 17.8 Å². The fourth-order valence-electron chi connectivity index (χ4n) is 2.04. The fourth-order valence-corrected chi connectivity index (χ4v) is 2.20. The van der Waals surface area contributed by atoms with E-state index in [0.717, 1.165) is 6.54 Å². The summed E-state index contributed by atoms with van der Waals surface area (Å²) in [5.41, 5.74) is 0.744. The third kappa shape index (κ3) is 5.40. The number of carbonyl (C=O) groups excluding carboxylic acids is 2. The van der Waals surface area contributed by atoms with Crippen LogP contribution in [0.1, 0.15) is 20.8 Å². The summed E-state index contributed by atoms with van der Waals surface area (Å²) in [5.74, 6) is -0.444. The predicted octanol–water partition coefficient (Wildman–Crippen LogP) is 2.14. The Balaban J connectivity index is 2.11. The van der Waals surface area contributed by atoms with Crippen molar-refractivity contribution >= 4 is 35.0 Å². The van der Waals surface area contributed by atoms with Gasteiger partial charge in [0.2, 0.25) is 0 Å². The topological polar surface area (TPSA) is 96.4 Å². The lowest BCUT2D eigenvalue weighted by Gasteiger charge is -2.11. The third-order valence-electron chi connectivity index (χ3n) is 3.40. The number of benzene rings is 1. The molecule has 1 heterocycles.